The van der Waals surface area contributed by atoms with Crippen LogP contribution in [0.5, 0.6) is 0 Å². The van der Waals surface area contributed by atoms with Crippen molar-refractivity contribution in [2.75, 3.05) is 18.4 Å². The van der Waals surface area contributed by atoms with E-state index in [9.17, 15) is 14.9 Å². The third kappa shape index (κ3) is 3.19. The molecule has 0 fully saturated rings. The van der Waals surface area contributed by atoms with Gasteiger partial charge in [0.15, 0.2) is 0 Å². The zero-order chi connectivity index (χ0) is 17.9. The van der Waals surface area contributed by atoms with Crippen LogP contribution in [0.15, 0.2) is 16.7 Å². The lowest BCUT2D eigenvalue weighted by atomic mass is 10.1. The molecule has 0 bridgehead atoms. The summed E-state index contributed by atoms with van der Waals surface area (Å²) in [6, 6.07) is 3.65. The molecule has 2 amide bonds. The summed E-state index contributed by atoms with van der Waals surface area (Å²) in [7, 11) is 0. The second-order valence-electron chi connectivity index (χ2n) is 5.19. The van der Waals surface area contributed by atoms with Gasteiger partial charge in [-0.2, -0.15) is 5.26 Å². The van der Waals surface area contributed by atoms with Crippen LogP contribution in [0.2, 0.25) is 0 Å². The lowest BCUT2D eigenvalue weighted by Gasteiger charge is -2.17. The van der Waals surface area contributed by atoms with Gasteiger partial charge in [0.2, 0.25) is 0 Å². The van der Waals surface area contributed by atoms with E-state index >= 15 is 0 Å². The van der Waals surface area contributed by atoms with Crippen molar-refractivity contribution in [1.82, 2.24) is 4.90 Å². The van der Waals surface area contributed by atoms with E-state index < -0.39 is 0 Å². The Bertz CT molecular complexity index is 810. The number of carbonyl (C=O) groups is 2. The molecule has 0 saturated heterocycles. The molecule has 2 rings (SSSR count). The predicted molar refractivity (Wildman–Crippen MR) is 92.4 cm³/mol. The Morgan fingerprint density at radius 2 is 2.00 bits per heavy atom. The molecule has 0 unspecified atom stereocenters. The highest BCUT2D eigenvalue weighted by atomic mass is 32.1. The van der Waals surface area contributed by atoms with Gasteiger partial charge in [0.25, 0.3) is 11.8 Å². The molecule has 0 aliphatic carbocycles. The molecule has 2 aromatic rings. The number of thiophene rings is 1. The number of nitrogens with one attached hydrogen (secondary N) is 1. The van der Waals surface area contributed by atoms with Gasteiger partial charge in [0.1, 0.15) is 16.8 Å². The Hall–Kier alpha value is -2.59. The second-order valence-corrected chi connectivity index (χ2v) is 6.21. The summed E-state index contributed by atoms with van der Waals surface area (Å²) < 4.78 is 5.12. The number of furan rings is 1. The zero-order valence-electron chi connectivity index (χ0n) is 14.1. The van der Waals surface area contributed by atoms with Crippen LogP contribution in [0.1, 0.15) is 50.8 Å². The van der Waals surface area contributed by atoms with Gasteiger partial charge in [-0.15, -0.1) is 11.3 Å². The quantitative estimate of drug-likeness (QED) is 0.897. The number of anilines is 1. The van der Waals surface area contributed by atoms with Gasteiger partial charge in [-0.05, 0) is 39.3 Å². The largest absolute Gasteiger partial charge is 0.469 e. The molecule has 126 valence electrons. The molecular weight excluding hydrogens is 326 g/mol. The fraction of sp³-hybridized carbons (Fsp3) is 0.353. The van der Waals surface area contributed by atoms with E-state index in [2.05, 4.69) is 11.4 Å². The van der Waals surface area contributed by atoms with Gasteiger partial charge in [-0.3, -0.25) is 9.59 Å². The first-order valence-corrected chi connectivity index (χ1v) is 8.44. The van der Waals surface area contributed by atoms with E-state index in [1.54, 1.807) is 24.8 Å². The summed E-state index contributed by atoms with van der Waals surface area (Å²) in [5.41, 5.74) is 1.32. The molecule has 0 radical (unpaired) electrons. The first-order chi connectivity index (χ1) is 11.4. The van der Waals surface area contributed by atoms with Crippen molar-refractivity contribution in [2.45, 2.75) is 27.7 Å². The lowest BCUT2D eigenvalue weighted by molar-refractivity contribution is 0.0777. The molecule has 0 aliphatic rings. The first-order valence-electron chi connectivity index (χ1n) is 7.62. The van der Waals surface area contributed by atoms with Crippen molar-refractivity contribution in [3.63, 3.8) is 0 Å². The average Bonchev–Trinajstić information content (AvgIpc) is 3.11. The number of nitrogens with zero attached hydrogens (tertiary/aromatic N) is 2. The van der Waals surface area contributed by atoms with Gasteiger partial charge in [0.05, 0.1) is 22.3 Å². The summed E-state index contributed by atoms with van der Waals surface area (Å²) in [4.78, 5) is 27.1. The third-order valence-corrected chi connectivity index (χ3v) is 5.03. The number of carbonyl (C=O) groups excluding carboxylic acids is 2. The van der Waals surface area contributed by atoms with Gasteiger partial charge in [-0.25, -0.2) is 0 Å². The first kappa shape index (κ1) is 17.8. The van der Waals surface area contributed by atoms with Crippen molar-refractivity contribution in [3.8, 4) is 6.07 Å². The standard InChI is InChI=1S/C17H19N3O3S/c1-5-20(6-2)17(22)14-10(3)13(9-18)16(24-14)19-15(21)12-7-8-23-11(12)4/h7-8H,5-6H2,1-4H3,(H,19,21). The highest BCUT2D eigenvalue weighted by molar-refractivity contribution is 7.18. The van der Waals surface area contributed by atoms with E-state index in [-0.39, 0.29) is 11.8 Å². The van der Waals surface area contributed by atoms with Crippen LogP contribution in [0, 0.1) is 25.2 Å². The van der Waals surface area contributed by atoms with Crippen LogP contribution >= 0.6 is 11.3 Å². The van der Waals surface area contributed by atoms with E-state index in [0.29, 0.717) is 45.4 Å². The molecular formula is C17H19N3O3S. The maximum Gasteiger partial charge on any atom is 0.264 e. The third-order valence-electron chi connectivity index (χ3n) is 3.83. The zero-order valence-corrected chi connectivity index (χ0v) is 14.9. The van der Waals surface area contributed by atoms with E-state index in [1.165, 1.54) is 6.26 Å². The van der Waals surface area contributed by atoms with Crippen molar-refractivity contribution < 1.29 is 14.0 Å². The van der Waals surface area contributed by atoms with Crippen molar-refractivity contribution in [1.29, 1.82) is 5.26 Å². The number of nitriles is 1. The van der Waals surface area contributed by atoms with Crippen molar-refractivity contribution in [3.05, 3.63) is 39.7 Å². The maximum absolute atomic E-state index is 12.6. The van der Waals surface area contributed by atoms with Gasteiger partial charge >= 0.3 is 0 Å². The maximum atomic E-state index is 12.6. The molecule has 2 aromatic heterocycles. The highest BCUT2D eigenvalue weighted by Crippen LogP contribution is 2.33. The molecule has 0 aromatic carbocycles. The Kier molecular flexibility index (Phi) is 5.42. The van der Waals surface area contributed by atoms with E-state index in [0.717, 1.165) is 11.3 Å². The molecule has 1 N–H and O–H groups in total. The van der Waals surface area contributed by atoms with Crippen LogP contribution in [0.25, 0.3) is 0 Å². The lowest BCUT2D eigenvalue weighted by Crippen LogP contribution is -2.30. The summed E-state index contributed by atoms with van der Waals surface area (Å²) in [5, 5.41) is 12.5. The molecule has 0 atom stereocenters. The Labute approximate surface area is 144 Å². The number of hydrogen-bond acceptors (Lipinski definition) is 5. The minimum absolute atomic E-state index is 0.126. The molecule has 6 nitrogen and oxygen atoms in total. The van der Waals surface area contributed by atoms with Gasteiger partial charge in [-0.1, -0.05) is 0 Å². The summed E-state index contributed by atoms with van der Waals surface area (Å²) in [6.45, 7) is 8.40. The molecule has 0 aliphatic heterocycles. The normalized spacial score (nSPS) is 10.3. The highest BCUT2D eigenvalue weighted by Gasteiger charge is 2.24. The number of hydrogen-bond donors (Lipinski definition) is 1. The van der Waals surface area contributed by atoms with Crippen LogP contribution in [0.4, 0.5) is 5.00 Å². The molecule has 0 spiro atoms. The summed E-state index contributed by atoms with van der Waals surface area (Å²) >= 11 is 1.13. The Balaban J connectivity index is 2.37. The van der Waals surface area contributed by atoms with Crippen LogP contribution in [-0.2, 0) is 0 Å². The van der Waals surface area contributed by atoms with Gasteiger partial charge in [0, 0.05) is 13.1 Å². The van der Waals surface area contributed by atoms with Crippen LogP contribution in [0.3, 0.4) is 0 Å². The van der Waals surface area contributed by atoms with Crippen LogP contribution < -0.4 is 5.32 Å². The van der Waals surface area contributed by atoms with E-state index in [1.807, 2.05) is 13.8 Å². The number of rotatable bonds is 5. The average molecular weight is 345 g/mol. The Morgan fingerprint density at radius 1 is 1.33 bits per heavy atom. The minimum atomic E-state index is -0.360. The molecule has 2 heterocycles. The topological polar surface area (TPSA) is 86.3 Å². The smallest absolute Gasteiger partial charge is 0.264 e. The predicted octanol–water partition coefficient (Wildman–Crippen LogP) is 3.56. The van der Waals surface area contributed by atoms with E-state index in [4.69, 9.17) is 4.42 Å². The Morgan fingerprint density at radius 3 is 2.50 bits per heavy atom. The number of aryl methyl sites for hydroxylation is 1. The fourth-order valence-corrected chi connectivity index (χ4v) is 3.51. The minimum Gasteiger partial charge on any atom is -0.469 e. The SMILES string of the molecule is CCN(CC)C(=O)c1sc(NC(=O)c2ccoc2C)c(C#N)c1C. The second kappa shape index (κ2) is 7.32. The molecule has 24 heavy (non-hydrogen) atoms. The van der Waals surface area contributed by atoms with Gasteiger partial charge < -0.3 is 14.6 Å². The number of amides is 2. The van der Waals surface area contributed by atoms with Crippen molar-refractivity contribution in [2.24, 2.45) is 0 Å². The van der Waals surface area contributed by atoms with Crippen molar-refractivity contribution >= 4 is 28.2 Å². The molecule has 7 heteroatoms. The summed E-state index contributed by atoms with van der Waals surface area (Å²) in [5.74, 6) is 0.0126. The molecule has 0 saturated carbocycles. The summed E-state index contributed by atoms with van der Waals surface area (Å²) in [6.07, 6.45) is 1.43. The monoisotopic (exact) mass is 345 g/mol. The fourth-order valence-electron chi connectivity index (χ4n) is 2.39. The van der Waals surface area contributed by atoms with Crippen LogP contribution in [-0.4, -0.2) is 29.8 Å².